The topological polar surface area (TPSA) is 9.23 Å². The third-order valence-corrected chi connectivity index (χ3v) is 2.59. The molecule has 0 saturated carbocycles. The molecule has 0 N–H and O–H groups in total. The molecule has 0 radical (unpaired) electrons. The van der Waals surface area contributed by atoms with Gasteiger partial charge in [0.2, 0.25) is 0 Å². The summed E-state index contributed by atoms with van der Waals surface area (Å²) in [5.41, 5.74) is 3.42. The Hall–Kier alpha value is -1.60. The second-order valence-electron chi connectivity index (χ2n) is 3.92. The lowest BCUT2D eigenvalue weighted by molar-refractivity contribution is 0.228. The van der Waals surface area contributed by atoms with Gasteiger partial charge in [-0.15, -0.1) is 0 Å². The largest absolute Gasteiger partial charge is 0.380 e. The molecule has 0 spiro atoms. The van der Waals surface area contributed by atoms with E-state index in [1.165, 1.54) is 5.56 Å². The summed E-state index contributed by atoms with van der Waals surface area (Å²) in [6.45, 7) is 8.34. The van der Waals surface area contributed by atoms with Crippen molar-refractivity contribution in [1.29, 1.82) is 0 Å². The van der Waals surface area contributed by atoms with Crippen molar-refractivity contribution in [3.05, 3.63) is 72.4 Å². The van der Waals surface area contributed by atoms with Gasteiger partial charge in [0.15, 0.2) is 0 Å². The number of ether oxygens (including phenoxy) is 1. The molecular formula is C16H20O. The third-order valence-electron chi connectivity index (χ3n) is 2.59. The van der Waals surface area contributed by atoms with Crippen LogP contribution in [0.3, 0.4) is 0 Å². The molecule has 1 rings (SSSR count). The van der Waals surface area contributed by atoms with Crippen molar-refractivity contribution < 1.29 is 4.74 Å². The van der Waals surface area contributed by atoms with Crippen molar-refractivity contribution in [2.75, 3.05) is 13.7 Å². The Labute approximate surface area is 104 Å². The molecule has 0 fully saturated rings. The predicted octanol–water partition coefficient (Wildman–Crippen LogP) is 3.93. The second kappa shape index (κ2) is 7.64. The zero-order valence-corrected chi connectivity index (χ0v) is 10.5. The highest BCUT2D eigenvalue weighted by atomic mass is 16.5. The Bertz CT molecular complexity index is 387. The quantitative estimate of drug-likeness (QED) is 0.642. The van der Waals surface area contributed by atoms with E-state index < -0.39 is 0 Å². The fraction of sp³-hybridized carbons (Fsp3) is 0.250. The summed E-state index contributed by atoms with van der Waals surface area (Å²) in [4.78, 5) is 0. The minimum absolute atomic E-state index is 0.559. The Morgan fingerprint density at radius 3 is 2.59 bits per heavy atom. The number of hydrogen-bond acceptors (Lipinski definition) is 1. The maximum Gasteiger partial charge on any atom is 0.0713 e. The summed E-state index contributed by atoms with van der Waals surface area (Å²) in [5.74, 6) is 0. The molecule has 90 valence electrons. The molecule has 0 unspecified atom stereocenters. The van der Waals surface area contributed by atoms with E-state index in [-0.39, 0.29) is 0 Å². The maximum atomic E-state index is 5.06. The Balaban J connectivity index is 2.51. The number of rotatable bonds is 7. The van der Waals surface area contributed by atoms with Crippen LogP contribution in [0.15, 0.2) is 66.8 Å². The number of aryl methyl sites for hydroxylation is 1. The van der Waals surface area contributed by atoms with Gasteiger partial charge < -0.3 is 4.74 Å². The molecule has 0 aliphatic heterocycles. The van der Waals surface area contributed by atoms with Crippen LogP contribution >= 0.6 is 0 Å². The van der Waals surface area contributed by atoms with Gasteiger partial charge in [0.25, 0.3) is 0 Å². The predicted molar refractivity (Wildman–Crippen MR) is 74.1 cm³/mol. The minimum atomic E-state index is 0.559. The van der Waals surface area contributed by atoms with E-state index in [9.17, 15) is 0 Å². The molecule has 0 aliphatic carbocycles. The average Bonchev–Trinajstić information content (AvgIpc) is 2.36. The summed E-state index contributed by atoms with van der Waals surface area (Å²) >= 11 is 0. The molecule has 1 heteroatoms. The summed E-state index contributed by atoms with van der Waals surface area (Å²) in [5, 5.41) is 0. The van der Waals surface area contributed by atoms with Crippen LogP contribution in [0.2, 0.25) is 0 Å². The summed E-state index contributed by atoms with van der Waals surface area (Å²) in [7, 11) is 1.68. The van der Waals surface area contributed by atoms with Crippen molar-refractivity contribution in [1.82, 2.24) is 0 Å². The van der Waals surface area contributed by atoms with Crippen LogP contribution in [0.5, 0.6) is 0 Å². The summed E-state index contributed by atoms with van der Waals surface area (Å²) in [6.07, 6.45) is 6.04. The number of allylic oxidation sites excluding steroid dienone is 2. The molecule has 1 aromatic rings. The van der Waals surface area contributed by atoms with Gasteiger partial charge in [0, 0.05) is 7.11 Å². The smallest absolute Gasteiger partial charge is 0.0713 e. The standard InChI is InChI=1S/C16H20O/c1-4-16(14(2)13-17-3)12-8-11-15-9-6-5-7-10-15/h4-7,9-10,12H,1-2,8,11,13H2,3H3/b16-12-. The third kappa shape index (κ3) is 4.83. The first-order chi connectivity index (χ1) is 8.27. The lowest BCUT2D eigenvalue weighted by Crippen LogP contribution is -1.95. The van der Waals surface area contributed by atoms with Crippen molar-refractivity contribution >= 4 is 0 Å². The first kappa shape index (κ1) is 13.5. The second-order valence-corrected chi connectivity index (χ2v) is 3.92. The SMILES string of the molecule is C=C/C(=C/CCc1ccccc1)C(=C)COC. The lowest BCUT2D eigenvalue weighted by Gasteiger charge is -2.05. The van der Waals surface area contributed by atoms with Gasteiger partial charge in [-0.3, -0.25) is 0 Å². The van der Waals surface area contributed by atoms with Crippen LogP contribution < -0.4 is 0 Å². The molecule has 0 atom stereocenters. The van der Waals surface area contributed by atoms with E-state index in [0.29, 0.717) is 6.61 Å². The van der Waals surface area contributed by atoms with Gasteiger partial charge in [-0.2, -0.15) is 0 Å². The van der Waals surface area contributed by atoms with Crippen molar-refractivity contribution in [3.8, 4) is 0 Å². The highest BCUT2D eigenvalue weighted by Gasteiger charge is 1.98. The first-order valence-corrected chi connectivity index (χ1v) is 5.81. The number of benzene rings is 1. The van der Waals surface area contributed by atoms with Gasteiger partial charge in [-0.1, -0.05) is 55.6 Å². The molecule has 0 saturated heterocycles. The van der Waals surface area contributed by atoms with E-state index in [0.717, 1.165) is 24.0 Å². The maximum absolute atomic E-state index is 5.06. The van der Waals surface area contributed by atoms with Crippen LogP contribution in [-0.2, 0) is 11.2 Å². The number of hydrogen-bond donors (Lipinski definition) is 0. The van der Waals surface area contributed by atoms with Crippen LogP contribution in [0.25, 0.3) is 0 Å². The fourth-order valence-electron chi connectivity index (χ4n) is 1.67. The molecular weight excluding hydrogens is 208 g/mol. The van der Waals surface area contributed by atoms with Gasteiger partial charge in [-0.05, 0) is 29.6 Å². The monoisotopic (exact) mass is 228 g/mol. The molecule has 0 heterocycles. The zero-order valence-electron chi connectivity index (χ0n) is 10.5. The van der Waals surface area contributed by atoms with E-state index >= 15 is 0 Å². The van der Waals surface area contributed by atoms with Gasteiger partial charge in [0.05, 0.1) is 6.61 Å². The van der Waals surface area contributed by atoms with E-state index in [2.05, 4.69) is 43.5 Å². The van der Waals surface area contributed by atoms with Crippen LogP contribution in [0.1, 0.15) is 12.0 Å². The van der Waals surface area contributed by atoms with Crippen molar-refractivity contribution in [3.63, 3.8) is 0 Å². The van der Waals surface area contributed by atoms with Crippen LogP contribution in [0, 0.1) is 0 Å². The average molecular weight is 228 g/mol. The highest BCUT2D eigenvalue weighted by Crippen LogP contribution is 2.12. The van der Waals surface area contributed by atoms with Crippen molar-refractivity contribution in [2.24, 2.45) is 0 Å². The Morgan fingerprint density at radius 2 is 2.00 bits per heavy atom. The molecule has 17 heavy (non-hydrogen) atoms. The molecule has 0 aliphatic rings. The summed E-state index contributed by atoms with van der Waals surface area (Å²) in [6, 6.07) is 10.5. The van der Waals surface area contributed by atoms with E-state index in [1.54, 1.807) is 7.11 Å². The van der Waals surface area contributed by atoms with Gasteiger partial charge in [-0.25, -0.2) is 0 Å². The van der Waals surface area contributed by atoms with Gasteiger partial charge in [0.1, 0.15) is 0 Å². The van der Waals surface area contributed by atoms with Crippen LogP contribution in [0.4, 0.5) is 0 Å². The minimum Gasteiger partial charge on any atom is -0.380 e. The van der Waals surface area contributed by atoms with E-state index in [4.69, 9.17) is 4.74 Å². The molecule has 1 aromatic carbocycles. The molecule has 0 bridgehead atoms. The highest BCUT2D eigenvalue weighted by molar-refractivity contribution is 5.37. The fourth-order valence-corrected chi connectivity index (χ4v) is 1.67. The molecule has 1 nitrogen and oxygen atoms in total. The zero-order chi connectivity index (χ0) is 12.5. The van der Waals surface area contributed by atoms with Crippen molar-refractivity contribution in [2.45, 2.75) is 12.8 Å². The normalized spacial score (nSPS) is 11.2. The van der Waals surface area contributed by atoms with Gasteiger partial charge >= 0.3 is 0 Å². The Morgan fingerprint density at radius 1 is 1.29 bits per heavy atom. The number of methoxy groups -OCH3 is 1. The van der Waals surface area contributed by atoms with E-state index in [1.807, 2.05) is 12.1 Å². The lowest BCUT2D eigenvalue weighted by atomic mass is 10.0. The molecule has 0 aromatic heterocycles. The van der Waals surface area contributed by atoms with Crippen LogP contribution in [-0.4, -0.2) is 13.7 Å². The molecule has 0 amide bonds. The summed E-state index contributed by atoms with van der Waals surface area (Å²) < 4.78 is 5.06. The Kier molecular flexibility index (Phi) is 6.05. The first-order valence-electron chi connectivity index (χ1n) is 5.81.